The van der Waals surface area contributed by atoms with E-state index in [2.05, 4.69) is 15.1 Å². The second-order valence-corrected chi connectivity index (χ2v) is 3.95. The minimum atomic E-state index is -0.724. The first-order valence-corrected chi connectivity index (χ1v) is 6.22. The van der Waals surface area contributed by atoms with Crippen molar-refractivity contribution in [2.45, 2.75) is 20.3 Å². The molecule has 0 spiro atoms. The van der Waals surface area contributed by atoms with Crippen molar-refractivity contribution in [3.05, 3.63) is 46.4 Å². The van der Waals surface area contributed by atoms with Crippen LogP contribution < -0.4 is 5.43 Å². The molecule has 7 nitrogen and oxygen atoms in total. The van der Waals surface area contributed by atoms with Gasteiger partial charge in [0.15, 0.2) is 0 Å². The van der Waals surface area contributed by atoms with Crippen LogP contribution in [0.5, 0.6) is 0 Å². The summed E-state index contributed by atoms with van der Waals surface area (Å²) in [5.74, 6) is -0.724. The van der Waals surface area contributed by atoms with Gasteiger partial charge in [-0.2, -0.15) is 5.10 Å². The number of aromatic nitrogens is 4. The topological polar surface area (TPSA) is 87.0 Å². The molecule has 0 amide bonds. The monoisotopic (exact) mass is 274 g/mol. The van der Waals surface area contributed by atoms with Crippen LogP contribution in [-0.2, 0) is 11.2 Å². The molecule has 0 radical (unpaired) electrons. The number of carbonyl (C=O) groups excluding carboxylic acids is 1. The number of nitrogens with zero attached hydrogens (tertiary/aromatic N) is 4. The molecule has 2 heterocycles. The fraction of sp³-hybridized carbons (Fsp3) is 0.308. The number of aryl methyl sites for hydroxylation is 1. The molecule has 0 aromatic carbocycles. The summed E-state index contributed by atoms with van der Waals surface area (Å²) in [6.45, 7) is 3.69. The Bertz CT molecular complexity index is 667. The minimum absolute atomic E-state index is 0.185. The maximum atomic E-state index is 12.1. The van der Waals surface area contributed by atoms with E-state index in [4.69, 9.17) is 4.74 Å². The Kier molecular flexibility index (Phi) is 4.19. The van der Waals surface area contributed by atoms with E-state index in [0.29, 0.717) is 17.7 Å². The smallest absolute Gasteiger partial charge is 0.362 e. The summed E-state index contributed by atoms with van der Waals surface area (Å²) in [7, 11) is 0. The molecule has 0 bridgehead atoms. The van der Waals surface area contributed by atoms with Crippen LogP contribution >= 0.6 is 0 Å². The molecule has 7 heteroatoms. The zero-order valence-electron chi connectivity index (χ0n) is 11.2. The molecule has 0 N–H and O–H groups in total. The molecule has 0 fully saturated rings. The van der Waals surface area contributed by atoms with Gasteiger partial charge in [0.2, 0.25) is 11.1 Å². The average Bonchev–Trinajstić information content (AvgIpc) is 2.48. The van der Waals surface area contributed by atoms with Crippen molar-refractivity contribution in [1.82, 2.24) is 19.7 Å². The van der Waals surface area contributed by atoms with Gasteiger partial charge in [-0.15, -0.1) is 0 Å². The summed E-state index contributed by atoms with van der Waals surface area (Å²) in [4.78, 5) is 31.6. The fourth-order valence-corrected chi connectivity index (χ4v) is 1.67. The van der Waals surface area contributed by atoms with Crippen LogP contribution in [0.1, 0.15) is 29.9 Å². The summed E-state index contributed by atoms with van der Waals surface area (Å²) in [6.07, 6.45) is 6.53. The van der Waals surface area contributed by atoms with Crippen molar-refractivity contribution >= 4 is 5.97 Å². The minimum Gasteiger partial charge on any atom is -0.461 e. The lowest BCUT2D eigenvalue weighted by molar-refractivity contribution is 0.0515. The Hall–Kier alpha value is -2.57. The fourth-order valence-electron chi connectivity index (χ4n) is 1.67. The molecule has 0 atom stereocenters. The van der Waals surface area contributed by atoms with Crippen molar-refractivity contribution < 1.29 is 9.53 Å². The number of rotatable bonds is 4. The molecular formula is C13H14N4O3. The van der Waals surface area contributed by atoms with Crippen LogP contribution in [0.2, 0.25) is 0 Å². The van der Waals surface area contributed by atoms with Gasteiger partial charge in [0, 0.05) is 11.8 Å². The van der Waals surface area contributed by atoms with Gasteiger partial charge >= 0.3 is 5.97 Å². The number of hydrogen-bond acceptors (Lipinski definition) is 6. The summed E-state index contributed by atoms with van der Waals surface area (Å²) in [6, 6.07) is 0. The highest BCUT2D eigenvalue weighted by Crippen LogP contribution is 2.04. The molecule has 20 heavy (non-hydrogen) atoms. The maximum absolute atomic E-state index is 12.1. The molecule has 0 saturated heterocycles. The van der Waals surface area contributed by atoms with Crippen LogP contribution in [0.15, 0.2) is 29.7 Å². The molecule has 0 saturated carbocycles. The molecule has 104 valence electrons. The highest BCUT2D eigenvalue weighted by atomic mass is 16.5. The molecule has 2 rings (SSSR count). The van der Waals surface area contributed by atoms with Gasteiger partial charge in [0.25, 0.3) is 0 Å². The van der Waals surface area contributed by atoms with Gasteiger partial charge in [0.1, 0.15) is 12.0 Å². The van der Waals surface area contributed by atoms with Gasteiger partial charge in [-0.1, -0.05) is 6.92 Å². The molecule has 2 aromatic rings. The Morgan fingerprint density at radius 1 is 1.30 bits per heavy atom. The predicted octanol–water partition coefficient (Wildman–Crippen LogP) is 0.762. The van der Waals surface area contributed by atoms with Crippen molar-refractivity contribution in [2.24, 2.45) is 0 Å². The van der Waals surface area contributed by atoms with Gasteiger partial charge in [0.05, 0.1) is 19.0 Å². The van der Waals surface area contributed by atoms with E-state index in [1.165, 1.54) is 11.0 Å². The third kappa shape index (κ3) is 2.71. The highest BCUT2D eigenvalue weighted by molar-refractivity contribution is 5.87. The Balaban J connectivity index is 2.58. The zero-order valence-corrected chi connectivity index (χ0v) is 11.2. The predicted molar refractivity (Wildman–Crippen MR) is 70.8 cm³/mol. The third-order valence-corrected chi connectivity index (χ3v) is 2.65. The van der Waals surface area contributed by atoms with Crippen LogP contribution in [-0.4, -0.2) is 32.3 Å². The van der Waals surface area contributed by atoms with E-state index in [1.807, 2.05) is 6.92 Å². The lowest BCUT2D eigenvalue weighted by Crippen LogP contribution is -2.26. The Labute approximate surface area is 115 Å². The van der Waals surface area contributed by atoms with Crippen molar-refractivity contribution in [2.75, 3.05) is 6.61 Å². The lowest BCUT2D eigenvalue weighted by Gasteiger charge is -2.08. The SMILES string of the molecule is CCOC(=O)c1nn(-c2cncnc2)cc(CC)c1=O. The summed E-state index contributed by atoms with van der Waals surface area (Å²) in [5, 5.41) is 4.02. The lowest BCUT2D eigenvalue weighted by atomic mass is 10.2. The summed E-state index contributed by atoms with van der Waals surface area (Å²) < 4.78 is 6.26. The standard InChI is InChI=1S/C13H14N4O3/c1-3-9-7-17(10-5-14-8-15-6-10)16-11(12(9)18)13(19)20-4-2/h5-8H,3-4H2,1-2H3. The molecular weight excluding hydrogens is 260 g/mol. The van der Waals surface area contributed by atoms with Crippen molar-refractivity contribution in [1.29, 1.82) is 0 Å². The van der Waals surface area contributed by atoms with E-state index in [-0.39, 0.29) is 12.3 Å². The molecule has 0 aliphatic rings. The van der Waals surface area contributed by atoms with Gasteiger partial charge in [-0.3, -0.25) is 4.79 Å². The Morgan fingerprint density at radius 3 is 2.60 bits per heavy atom. The number of esters is 1. The van der Waals surface area contributed by atoms with Crippen LogP contribution in [0.3, 0.4) is 0 Å². The molecule has 2 aromatic heterocycles. The van der Waals surface area contributed by atoms with E-state index in [0.717, 1.165) is 0 Å². The quantitative estimate of drug-likeness (QED) is 0.765. The third-order valence-electron chi connectivity index (χ3n) is 2.65. The Morgan fingerprint density at radius 2 is 2.00 bits per heavy atom. The van der Waals surface area contributed by atoms with Crippen LogP contribution in [0.4, 0.5) is 0 Å². The number of hydrogen-bond donors (Lipinski definition) is 0. The molecule has 0 aliphatic heterocycles. The maximum Gasteiger partial charge on any atom is 0.362 e. The van der Waals surface area contributed by atoms with Gasteiger partial charge in [-0.05, 0) is 13.3 Å². The first kappa shape index (κ1) is 13.9. The summed E-state index contributed by atoms with van der Waals surface area (Å²) in [5.41, 5.74) is 0.411. The molecule has 0 aliphatic carbocycles. The van der Waals surface area contributed by atoms with Crippen LogP contribution in [0.25, 0.3) is 5.69 Å². The normalized spacial score (nSPS) is 10.3. The van der Waals surface area contributed by atoms with Gasteiger partial charge < -0.3 is 4.74 Å². The van der Waals surface area contributed by atoms with E-state index >= 15 is 0 Å². The first-order chi connectivity index (χ1) is 9.67. The zero-order chi connectivity index (χ0) is 14.5. The van der Waals surface area contributed by atoms with Gasteiger partial charge in [-0.25, -0.2) is 19.4 Å². The number of ether oxygens (including phenoxy) is 1. The van der Waals surface area contributed by atoms with E-state index in [1.54, 1.807) is 25.5 Å². The summed E-state index contributed by atoms with van der Waals surface area (Å²) >= 11 is 0. The number of carbonyl (C=O) groups is 1. The highest BCUT2D eigenvalue weighted by Gasteiger charge is 2.17. The van der Waals surface area contributed by atoms with Crippen molar-refractivity contribution in [3.63, 3.8) is 0 Å². The second kappa shape index (κ2) is 6.05. The van der Waals surface area contributed by atoms with E-state index in [9.17, 15) is 9.59 Å². The second-order valence-electron chi connectivity index (χ2n) is 3.95. The van der Waals surface area contributed by atoms with E-state index < -0.39 is 11.4 Å². The van der Waals surface area contributed by atoms with Crippen molar-refractivity contribution in [3.8, 4) is 5.69 Å². The average molecular weight is 274 g/mol. The van der Waals surface area contributed by atoms with Crippen LogP contribution in [0, 0.1) is 0 Å². The largest absolute Gasteiger partial charge is 0.461 e. The molecule has 0 unspecified atom stereocenters. The first-order valence-electron chi connectivity index (χ1n) is 6.22.